The van der Waals surface area contributed by atoms with Gasteiger partial charge in [-0.05, 0) is 38.1 Å². The van der Waals surface area contributed by atoms with Crippen molar-refractivity contribution >= 4 is 30.7 Å². The van der Waals surface area contributed by atoms with E-state index in [9.17, 15) is 4.79 Å². The molecule has 0 aromatic heterocycles. The van der Waals surface area contributed by atoms with Gasteiger partial charge in [0.25, 0.3) is 0 Å². The highest BCUT2D eigenvalue weighted by Gasteiger charge is 1.92. The maximum absolute atomic E-state index is 10.0. The second kappa shape index (κ2) is 13.5. The Balaban J connectivity index is 0. The van der Waals surface area contributed by atoms with Crippen molar-refractivity contribution in [3.8, 4) is 0 Å². The summed E-state index contributed by atoms with van der Waals surface area (Å²) in [7, 11) is 0. The molecule has 0 spiro atoms. The number of thiol groups is 1. The molecule has 1 nitrogen and oxygen atoms in total. The van der Waals surface area contributed by atoms with Crippen molar-refractivity contribution in [2.45, 2.75) is 44.9 Å². The van der Waals surface area contributed by atoms with Gasteiger partial charge in [-0.1, -0.05) is 50.2 Å². The average molecular weight is 337 g/mol. The number of aryl methyl sites for hydroxylation is 2. The molecule has 0 bridgehead atoms. The predicted octanol–water partition coefficient (Wildman–Crippen LogP) is 6.23. The molecule has 2 aromatic carbocycles. The first-order chi connectivity index (χ1) is 9.61. The standard InChI is InChI=1S/C10H12OS.C7H8S.2CH4/c1-9-3-5-10(6-4-9)12-8-2-7-11;1-6-2-4-7(8)5-3-6;;/h3-7H,2,8H2,1H3;2-5,8H,1H3;2*1H4. The van der Waals surface area contributed by atoms with E-state index >= 15 is 0 Å². The van der Waals surface area contributed by atoms with Crippen LogP contribution in [0.1, 0.15) is 32.4 Å². The van der Waals surface area contributed by atoms with E-state index < -0.39 is 0 Å². The summed E-state index contributed by atoms with van der Waals surface area (Å²) in [6.45, 7) is 4.13. The highest BCUT2D eigenvalue weighted by molar-refractivity contribution is 7.99. The van der Waals surface area contributed by atoms with Gasteiger partial charge < -0.3 is 4.79 Å². The molecule has 0 saturated heterocycles. The molecule has 0 aliphatic rings. The van der Waals surface area contributed by atoms with E-state index in [1.807, 2.05) is 24.3 Å². The van der Waals surface area contributed by atoms with Gasteiger partial charge in [0.15, 0.2) is 0 Å². The van der Waals surface area contributed by atoms with Crippen molar-refractivity contribution in [2.24, 2.45) is 0 Å². The van der Waals surface area contributed by atoms with Crippen LogP contribution in [0.2, 0.25) is 0 Å². The molecule has 0 aliphatic carbocycles. The number of benzene rings is 2. The van der Waals surface area contributed by atoms with E-state index in [2.05, 4.69) is 50.7 Å². The molecule has 0 amide bonds. The number of carbonyl (C=O) groups excluding carboxylic acids is 1. The third-order valence-corrected chi connectivity index (χ3v) is 3.90. The zero-order valence-corrected chi connectivity index (χ0v) is 13.6. The maximum Gasteiger partial charge on any atom is 0.120 e. The smallest absolute Gasteiger partial charge is 0.120 e. The fraction of sp³-hybridized carbons (Fsp3) is 0.316. The number of carbonyl (C=O) groups is 1. The zero-order valence-electron chi connectivity index (χ0n) is 11.9. The van der Waals surface area contributed by atoms with Crippen LogP contribution in [0.4, 0.5) is 0 Å². The minimum atomic E-state index is 0. The van der Waals surface area contributed by atoms with Gasteiger partial charge in [-0.25, -0.2) is 0 Å². The summed E-state index contributed by atoms with van der Waals surface area (Å²) in [6.07, 6.45) is 1.60. The molecule has 122 valence electrons. The highest BCUT2D eigenvalue weighted by Crippen LogP contribution is 2.18. The number of thioether (sulfide) groups is 1. The minimum absolute atomic E-state index is 0. The van der Waals surface area contributed by atoms with Crippen molar-refractivity contribution in [1.82, 2.24) is 0 Å². The zero-order chi connectivity index (χ0) is 14.8. The first-order valence-electron chi connectivity index (χ1n) is 6.50. The van der Waals surface area contributed by atoms with Crippen LogP contribution >= 0.6 is 24.4 Å². The van der Waals surface area contributed by atoms with E-state index in [0.29, 0.717) is 6.42 Å². The van der Waals surface area contributed by atoms with Gasteiger partial charge in [-0.3, -0.25) is 0 Å². The van der Waals surface area contributed by atoms with Crippen LogP contribution in [0.15, 0.2) is 58.3 Å². The molecule has 0 radical (unpaired) electrons. The third kappa shape index (κ3) is 10.5. The molecule has 0 aliphatic heterocycles. The molecular formula is C19H28OS2. The quantitative estimate of drug-likeness (QED) is 0.308. The summed E-state index contributed by atoms with van der Waals surface area (Å²) in [4.78, 5) is 12.3. The molecule has 0 atom stereocenters. The van der Waals surface area contributed by atoms with Crippen molar-refractivity contribution < 1.29 is 4.79 Å². The summed E-state index contributed by atoms with van der Waals surface area (Å²) in [5, 5.41) is 0. The number of hydrogen-bond donors (Lipinski definition) is 1. The fourth-order valence-corrected chi connectivity index (χ4v) is 2.33. The Kier molecular flexibility index (Phi) is 14.1. The molecule has 0 fully saturated rings. The SMILES string of the molecule is C.C.Cc1ccc(S)cc1.Cc1ccc(SCCC=O)cc1. The number of rotatable bonds is 4. The molecule has 2 aromatic rings. The van der Waals surface area contributed by atoms with Gasteiger partial charge in [0, 0.05) is 22.0 Å². The van der Waals surface area contributed by atoms with Crippen molar-refractivity contribution in [2.75, 3.05) is 5.75 Å². The number of hydrogen-bond acceptors (Lipinski definition) is 3. The van der Waals surface area contributed by atoms with E-state index in [1.165, 1.54) is 16.0 Å². The van der Waals surface area contributed by atoms with Gasteiger partial charge in [0.05, 0.1) is 0 Å². The summed E-state index contributed by atoms with van der Waals surface area (Å²) >= 11 is 5.85. The van der Waals surface area contributed by atoms with Gasteiger partial charge in [-0.2, -0.15) is 0 Å². The van der Waals surface area contributed by atoms with Gasteiger partial charge in [-0.15, -0.1) is 24.4 Å². The van der Waals surface area contributed by atoms with Gasteiger partial charge in [0.2, 0.25) is 0 Å². The van der Waals surface area contributed by atoms with Gasteiger partial charge in [0.1, 0.15) is 6.29 Å². The van der Waals surface area contributed by atoms with Crippen LogP contribution in [0.3, 0.4) is 0 Å². The molecule has 3 heteroatoms. The molecule has 0 unspecified atom stereocenters. The van der Waals surface area contributed by atoms with Crippen molar-refractivity contribution in [3.05, 3.63) is 59.7 Å². The van der Waals surface area contributed by atoms with Crippen LogP contribution in [-0.2, 0) is 4.79 Å². The van der Waals surface area contributed by atoms with E-state index in [1.54, 1.807) is 11.8 Å². The Morgan fingerprint density at radius 3 is 1.77 bits per heavy atom. The summed E-state index contributed by atoms with van der Waals surface area (Å²) in [5.74, 6) is 0.882. The fourth-order valence-electron chi connectivity index (χ4n) is 1.40. The van der Waals surface area contributed by atoms with E-state index in [0.717, 1.165) is 16.9 Å². The summed E-state index contributed by atoms with van der Waals surface area (Å²) in [6, 6.07) is 16.4. The second-order valence-electron chi connectivity index (χ2n) is 4.45. The first kappa shape index (κ1) is 23.1. The Hall–Kier alpha value is -1.19. The number of aldehydes is 1. The van der Waals surface area contributed by atoms with Crippen LogP contribution in [0, 0.1) is 13.8 Å². The molecule has 0 heterocycles. The topological polar surface area (TPSA) is 17.1 Å². The normalized spacial score (nSPS) is 8.68. The minimum Gasteiger partial charge on any atom is -0.303 e. The molecular weight excluding hydrogens is 308 g/mol. The van der Waals surface area contributed by atoms with E-state index in [4.69, 9.17) is 0 Å². The van der Waals surface area contributed by atoms with Crippen LogP contribution < -0.4 is 0 Å². The lowest BCUT2D eigenvalue weighted by atomic mass is 10.2. The van der Waals surface area contributed by atoms with Crippen LogP contribution in [0.5, 0.6) is 0 Å². The summed E-state index contributed by atoms with van der Waals surface area (Å²) in [5.41, 5.74) is 2.55. The lowest BCUT2D eigenvalue weighted by Crippen LogP contribution is -1.80. The maximum atomic E-state index is 10.0. The summed E-state index contributed by atoms with van der Waals surface area (Å²) < 4.78 is 0. The molecule has 0 N–H and O–H groups in total. The molecule has 0 saturated carbocycles. The Labute approximate surface area is 146 Å². The molecule has 2 rings (SSSR count). The van der Waals surface area contributed by atoms with Crippen molar-refractivity contribution in [1.29, 1.82) is 0 Å². The molecule has 22 heavy (non-hydrogen) atoms. The first-order valence-corrected chi connectivity index (χ1v) is 7.94. The Morgan fingerprint density at radius 1 is 0.909 bits per heavy atom. The highest BCUT2D eigenvalue weighted by atomic mass is 32.2. The Bertz CT molecular complexity index is 483. The average Bonchev–Trinajstić information content (AvgIpc) is 2.45. The lowest BCUT2D eigenvalue weighted by molar-refractivity contribution is -0.107. The van der Waals surface area contributed by atoms with Crippen LogP contribution in [-0.4, -0.2) is 12.0 Å². The monoisotopic (exact) mass is 336 g/mol. The van der Waals surface area contributed by atoms with Gasteiger partial charge >= 0.3 is 0 Å². The van der Waals surface area contributed by atoms with Crippen molar-refractivity contribution in [3.63, 3.8) is 0 Å². The predicted molar refractivity (Wildman–Crippen MR) is 104 cm³/mol. The second-order valence-corrected chi connectivity index (χ2v) is 6.14. The van der Waals surface area contributed by atoms with Crippen LogP contribution in [0.25, 0.3) is 0 Å². The third-order valence-electron chi connectivity index (χ3n) is 2.56. The largest absolute Gasteiger partial charge is 0.303 e. The van der Waals surface area contributed by atoms with E-state index in [-0.39, 0.29) is 14.9 Å². The lowest BCUT2D eigenvalue weighted by Gasteiger charge is -1.98. The Morgan fingerprint density at radius 2 is 1.36 bits per heavy atom.